The minimum absolute atomic E-state index is 0.195. The summed E-state index contributed by atoms with van der Waals surface area (Å²) < 4.78 is 0. The Morgan fingerprint density at radius 3 is 1.87 bits per heavy atom. The predicted molar refractivity (Wildman–Crippen MR) is 114 cm³/mol. The van der Waals surface area contributed by atoms with E-state index in [1.165, 1.54) is 6.92 Å². The third-order valence-corrected chi connectivity index (χ3v) is 5.08. The molecule has 8 N–H and O–H groups in total. The summed E-state index contributed by atoms with van der Waals surface area (Å²) in [4.78, 5) is 48.8. The maximum Gasteiger partial charge on any atom is 0.325 e. The van der Waals surface area contributed by atoms with Crippen LogP contribution in [-0.4, -0.2) is 59.5 Å². The van der Waals surface area contributed by atoms with E-state index in [1.54, 1.807) is 13.8 Å². The fraction of sp³-hybridized carbons (Fsp3) is 0.800. The fourth-order valence-electron chi connectivity index (χ4n) is 2.74. The summed E-state index contributed by atoms with van der Waals surface area (Å²) in [5.41, 5.74) is 11.4. The molecule has 0 aliphatic heterocycles. The zero-order valence-electron chi connectivity index (χ0n) is 18.7. The van der Waals surface area contributed by atoms with Gasteiger partial charge in [0.2, 0.25) is 17.7 Å². The molecular weight excluding hydrogens is 390 g/mol. The molecule has 0 aromatic heterocycles. The zero-order chi connectivity index (χ0) is 23.4. The summed E-state index contributed by atoms with van der Waals surface area (Å²) in [6, 6.07) is -3.65. The van der Waals surface area contributed by atoms with Crippen molar-refractivity contribution >= 4 is 23.7 Å². The van der Waals surface area contributed by atoms with E-state index in [9.17, 15) is 19.2 Å². The molecule has 0 radical (unpaired) electrons. The molecule has 5 unspecified atom stereocenters. The molecule has 10 heteroatoms. The molecule has 0 aliphatic rings. The lowest BCUT2D eigenvalue weighted by molar-refractivity contribution is -0.142. The number of amides is 3. The van der Waals surface area contributed by atoms with Gasteiger partial charge in [-0.15, -0.1) is 0 Å². The molecule has 0 aliphatic carbocycles. The molecule has 0 fully saturated rings. The van der Waals surface area contributed by atoms with Crippen LogP contribution >= 0.6 is 0 Å². The lowest BCUT2D eigenvalue weighted by Gasteiger charge is -2.29. The Morgan fingerprint density at radius 2 is 1.40 bits per heavy atom. The van der Waals surface area contributed by atoms with Crippen LogP contribution in [0, 0.1) is 11.8 Å². The van der Waals surface area contributed by atoms with Crippen molar-refractivity contribution in [3.63, 3.8) is 0 Å². The van der Waals surface area contributed by atoms with E-state index in [-0.39, 0.29) is 11.8 Å². The Labute approximate surface area is 178 Å². The average molecular weight is 430 g/mol. The molecule has 10 nitrogen and oxygen atoms in total. The number of hydrogen-bond donors (Lipinski definition) is 6. The summed E-state index contributed by atoms with van der Waals surface area (Å²) in [7, 11) is 0. The minimum atomic E-state index is -1.18. The van der Waals surface area contributed by atoms with Crippen LogP contribution in [-0.2, 0) is 19.2 Å². The Balaban J connectivity index is 5.24. The van der Waals surface area contributed by atoms with Gasteiger partial charge in [0.05, 0.1) is 6.04 Å². The predicted octanol–water partition coefficient (Wildman–Crippen LogP) is -0.296. The van der Waals surface area contributed by atoms with Crippen LogP contribution in [0.3, 0.4) is 0 Å². The molecule has 30 heavy (non-hydrogen) atoms. The van der Waals surface area contributed by atoms with Crippen molar-refractivity contribution in [3.8, 4) is 0 Å². The van der Waals surface area contributed by atoms with E-state index < -0.39 is 47.9 Å². The van der Waals surface area contributed by atoms with Crippen LogP contribution in [0.2, 0.25) is 0 Å². The standard InChI is InChI=1S/C20H39N5O5/c1-6-12(4)16(25-17(26)14(22)9-7-8-10-21)19(28)24-15(11(2)3)18(27)23-13(5)20(29)30/h11-16H,6-10,21-22H2,1-5H3,(H,23,27)(H,24,28)(H,25,26)(H,29,30). The fourth-order valence-corrected chi connectivity index (χ4v) is 2.74. The van der Waals surface area contributed by atoms with E-state index in [4.69, 9.17) is 16.6 Å². The first-order valence-corrected chi connectivity index (χ1v) is 10.6. The van der Waals surface area contributed by atoms with Gasteiger partial charge < -0.3 is 32.5 Å². The second-order valence-electron chi connectivity index (χ2n) is 8.06. The highest BCUT2D eigenvalue weighted by Crippen LogP contribution is 2.11. The van der Waals surface area contributed by atoms with Crippen LogP contribution in [0.4, 0.5) is 0 Å². The minimum Gasteiger partial charge on any atom is -0.480 e. The molecular formula is C20H39N5O5. The molecule has 3 amide bonds. The van der Waals surface area contributed by atoms with E-state index >= 15 is 0 Å². The van der Waals surface area contributed by atoms with Crippen molar-refractivity contribution in [3.05, 3.63) is 0 Å². The largest absolute Gasteiger partial charge is 0.480 e. The van der Waals surface area contributed by atoms with Crippen molar-refractivity contribution in [1.29, 1.82) is 0 Å². The smallest absolute Gasteiger partial charge is 0.325 e. The number of carboxylic acid groups (broad SMARTS) is 1. The highest BCUT2D eigenvalue weighted by atomic mass is 16.4. The van der Waals surface area contributed by atoms with Gasteiger partial charge in [0.25, 0.3) is 0 Å². The summed E-state index contributed by atoms with van der Waals surface area (Å²) in [6.07, 6.45) is 2.55. The molecule has 5 atom stereocenters. The van der Waals surface area contributed by atoms with Crippen molar-refractivity contribution in [2.24, 2.45) is 23.3 Å². The van der Waals surface area contributed by atoms with Crippen molar-refractivity contribution < 1.29 is 24.3 Å². The second kappa shape index (κ2) is 13.9. The van der Waals surface area contributed by atoms with Crippen LogP contribution in [0.15, 0.2) is 0 Å². The second-order valence-corrected chi connectivity index (χ2v) is 8.06. The molecule has 0 rings (SSSR count). The lowest BCUT2D eigenvalue weighted by Crippen LogP contribution is -2.59. The monoisotopic (exact) mass is 429 g/mol. The summed E-state index contributed by atoms with van der Waals surface area (Å²) >= 11 is 0. The van der Waals surface area contributed by atoms with Crippen LogP contribution in [0.25, 0.3) is 0 Å². The van der Waals surface area contributed by atoms with Crippen molar-refractivity contribution in [1.82, 2.24) is 16.0 Å². The normalized spacial score (nSPS) is 16.1. The molecule has 174 valence electrons. The molecule has 0 heterocycles. The molecule has 0 aromatic carbocycles. The van der Waals surface area contributed by atoms with Gasteiger partial charge in [-0.3, -0.25) is 19.2 Å². The van der Waals surface area contributed by atoms with Crippen LogP contribution in [0.1, 0.15) is 60.3 Å². The first-order valence-electron chi connectivity index (χ1n) is 10.6. The van der Waals surface area contributed by atoms with Gasteiger partial charge in [-0.25, -0.2) is 0 Å². The van der Waals surface area contributed by atoms with Gasteiger partial charge in [0, 0.05) is 0 Å². The number of carbonyl (C=O) groups excluding carboxylic acids is 3. The molecule has 0 saturated heterocycles. The topological polar surface area (TPSA) is 177 Å². The third-order valence-electron chi connectivity index (χ3n) is 5.08. The number of carboxylic acids is 1. The number of aliphatic carboxylic acids is 1. The third kappa shape index (κ3) is 9.53. The molecule has 0 spiro atoms. The number of rotatable bonds is 14. The van der Waals surface area contributed by atoms with Crippen molar-refractivity contribution in [2.45, 2.75) is 84.5 Å². The Morgan fingerprint density at radius 1 is 0.867 bits per heavy atom. The Bertz CT molecular complexity index is 584. The summed E-state index contributed by atoms with van der Waals surface area (Å²) in [5, 5.41) is 16.7. The molecule has 0 bridgehead atoms. The van der Waals surface area contributed by atoms with Gasteiger partial charge >= 0.3 is 5.97 Å². The van der Waals surface area contributed by atoms with E-state index in [2.05, 4.69) is 16.0 Å². The van der Waals surface area contributed by atoms with Crippen LogP contribution < -0.4 is 27.4 Å². The van der Waals surface area contributed by atoms with Crippen molar-refractivity contribution in [2.75, 3.05) is 6.54 Å². The summed E-state index contributed by atoms with van der Waals surface area (Å²) in [5.74, 6) is -3.20. The maximum absolute atomic E-state index is 12.9. The van der Waals surface area contributed by atoms with Crippen LogP contribution in [0.5, 0.6) is 0 Å². The number of unbranched alkanes of at least 4 members (excludes halogenated alkanes) is 1. The maximum atomic E-state index is 12.9. The first kappa shape index (κ1) is 27.8. The number of nitrogens with two attached hydrogens (primary N) is 2. The van der Waals surface area contributed by atoms with Gasteiger partial charge in [0.15, 0.2) is 0 Å². The van der Waals surface area contributed by atoms with Gasteiger partial charge in [-0.05, 0) is 38.1 Å². The SMILES string of the molecule is CCC(C)C(NC(=O)C(N)CCCCN)C(=O)NC(C(=O)NC(C)C(=O)O)C(C)C. The van der Waals surface area contributed by atoms with Gasteiger partial charge in [0.1, 0.15) is 18.1 Å². The van der Waals surface area contributed by atoms with E-state index in [0.717, 1.165) is 6.42 Å². The lowest BCUT2D eigenvalue weighted by atomic mass is 9.96. The number of nitrogens with one attached hydrogen (secondary N) is 3. The van der Waals surface area contributed by atoms with E-state index in [0.29, 0.717) is 25.8 Å². The number of carbonyl (C=O) groups is 4. The summed E-state index contributed by atoms with van der Waals surface area (Å²) in [6.45, 7) is 9.04. The number of hydrogen-bond acceptors (Lipinski definition) is 6. The van der Waals surface area contributed by atoms with E-state index in [1.807, 2.05) is 13.8 Å². The Hall–Kier alpha value is -2.20. The Kier molecular flexibility index (Phi) is 12.9. The molecule has 0 saturated carbocycles. The van der Waals surface area contributed by atoms with Gasteiger partial charge in [-0.2, -0.15) is 0 Å². The quantitative estimate of drug-likeness (QED) is 0.205. The highest BCUT2D eigenvalue weighted by molar-refractivity contribution is 5.94. The highest BCUT2D eigenvalue weighted by Gasteiger charge is 2.32. The van der Waals surface area contributed by atoms with Gasteiger partial charge in [-0.1, -0.05) is 40.5 Å². The average Bonchev–Trinajstić information content (AvgIpc) is 2.68. The molecule has 0 aromatic rings. The first-order chi connectivity index (χ1) is 14.0. The zero-order valence-corrected chi connectivity index (χ0v) is 18.7.